The molecule has 2 atom stereocenters. The van der Waals surface area contributed by atoms with Crippen molar-refractivity contribution in [3.63, 3.8) is 0 Å². The Hall–Kier alpha value is -3.68. The van der Waals surface area contributed by atoms with Crippen LogP contribution in [0.1, 0.15) is 12.5 Å². The van der Waals surface area contributed by atoms with E-state index in [4.69, 9.17) is 11.6 Å². The summed E-state index contributed by atoms with van der Waals surface area (Å²) in [6.45, 7) is 1.40. The fourth-order valence-electron chi connectivity index (χ4n) is 3.60. The lowest BCUT2D eigenvalue weighted by molar-refractivity contribution is -0.140. The Bertz CT molecular complexity index is 1330. The van der Waals surface area contributed by atoms with Gasteiger partial charge in [-0.2, -0.15) is 5.10 Å². The Labute approximate surface area is 196 Å². The third-order valence-corrected chi connectivity index (χ3v) is 5.71. The highest BCUT2D eigenvalue weighted by atomic mass is 35.5. The lowest BCUT2D eigenvalue weighted by Gasteiger charge is -2.11. The summed E-state index contributed by atoms with van der Waals surface area (Å²) in [5.74, 6) is -0.528. The maximum absolute atomic E-state index is 11.2. The van der Waals surface area contributed by atoms with Crippen molar-refractivity contribution in [2.45, 2.75) is 19.1 Å². The molecule has 168 valence electrons. The normalized spacial score (nSPS) is 13.3. The van der Waals surface area contributed by atoms with Gasteiger partial charge in [0.1, 0.15) is 0 Å². The molecule has 0 bridgehead atoms. The van der Waals surface area contributed by atoms with E-state index < -0.39 is 18.1 Å². The Kier molecular flexibility index (Phi) is 6.44. The van der Waals surface area contributed by atoms with Gasteiger partial charge in [0.2, 0.25) is 0 Å². The van der Waals surface area contributed by atoms with E-state index in [1.807, 2.05) is 73.8 Å². The Morgan fingerprint density at radius 2 is 1.91 bits per heavy atom. The molecule has 0 aliphatic heterocycles. The number of aromatic nitrogens is 2. The number of nitrogens with one attached hydrogen (secondary N) is 1. The molecule has 0 spiro atoms. The molecule has 8 heteroatoms. The summed E-state index contributed by atoms with van der Waals surface area (Å²) in [4.78, 5) is 15.3. The number of anilines is 2. The van der Waals surface area contributed by atoms with Crippen molar-refractivity contribution in [3.8, 4) is 11.1 Å². The van der Waals surface area contributed by atoms with Gasteiger partial charge in [0.25, 0.3) is 0 Å². The van der Waals surface area contributed by atoms with Crippen LogP contribution in [0.25, 0.3) is 22.0 Å². The number of fused-ring (bicyclic) bond motifs is 1. The molecule has 4 rings (SSSR count). The summed E-state index contributed by atoms with van der Waals surface area (Å²) in [5, 5.41) is 28.2. The van der Waals surface area contributed by atoms with Gasteiger partial charge in [-0.1, -0.05) is 60.1 Å². The van der Waals surface area contributed by atoms with Gasteiger partial charge >= 0.3 is 5.97 Å². The number of nitrogens with zero attached hydrogens (tertiary/aromatic N) is 3. The number of carboxylic acid groups (broad SMARTS) is 1. The van der Waals surface area contributed by atoms with E-state index >= 15 is 0 Å². The highest BCUT2D eigenvalue weighted by Crippen LogP contribution is 2.36. The standard InChI is InChI=1S/C25H23ClN4O3/c1-15(31)23(25(32)33)27-14-16-11-12-19-21(13-16)30(2)29-24(19)28-20-10-6-9-18(22(20)26)17-7-4-3-5-8-17/h3-15,23,31H,1-2H3,(H,28,29)(H,32,33). The van der Waals surface area contributed by atoms with Crippen LogP contribution in [0.2, 0.25) is 5.02 Å². The van der Waals surface area contributed by atoms with E-state index in [0.29, 0.717) is 16.4 Å². The largest absolute Gasteiger partial charge is 0.480 e. The van der Waals surface area contributed by atoms with Crippen LogP contribution in [0.3, 0.4) is 0 Å². The quantitative estimate of drug-likeness (QED) is 0.339. The number of aliphatic hydroxyl groups excluding tert-OH is 1. The molecule has 0 aliphatic rings. The summed E-state index contributed by atoms with van der Waals surface area (Å²) in [5.41, 5.74) is 4.23. The van der Waals surface area contributed by atoms with Gasteiger partial charge in [-0.25, -0.2) is 4.79 Å². The van der Waals surface area contributed by atoms with Gasteiger partial charge in [-0.15, -0.1) is 0 Å². The van der Waals surface area contributed by atoms with Crippen molar-refractivity contribution in [2.24, 2.45) is 12.0 Å². The second-order valence-electron chi connectivity index (χ2n) is 7.71. The highest BCUT2D eigenvalue weighted by Gasteiger charge is 2.21. The fourth-order valence-corrected chi connectivity index (χ4v) is 3.89. The molecule has 33 heavy (non-hydrogen) atoms. The minimum atomic E-state index is -1.22. The van der Waals surface area contributed by atoms with E-state index in [9.17, 15) is 15.0 Å². The number of aliphatic imine (C=N–C) groups is 1. The summed E-state index contributed by atoms with van der Waals surface area (Å²) in [6, 6.07) is 20.1. The predicted octanol–water partition coefficient (Wildman–Crippen LogP) is 4.89. The monoisotopic (exact) mass is 462 g/mol. The minimum absolute atomic E-state index is 0.601. The smallest absolute Gasteiger partial charge is 0.331 e. The molecule has 0 saturated carbocycles. The first-order valence-corrected chi connectivity index (χ1v) is 10.7. The molecule has 0 fully saturated rings. The van der Waals surface area contributed by atoms with Crippen molar-refractivity contribution >= 4 is 46.2 Å². The number of hydrogen-bond acceptors (Lipinski definition) is 5. The Morgan fingerprint density at radius 1 is 1.15 bits per heavy atom. The van der Waals surface area contributed by atoms with Gasteiger partial charge in [-0.3, -0.25) is 9.67 Å². The number of aryl methyl sites for hydroxylation is 1. The number of carbonyl (C=O) groups is 1. The van der Waals surface area contributed by atoms with Gasteiger partial charge < -0.3 is 15.5 Å². The molecule has 1 heterocycles. The van der Waals surface area contributed by atoms with Crippen LogP contribution in [0.15, 0.2) is 71.7 Å². The third-order valence-electron chi connectivity index (χ3n) is 5.31. The van der Waals surface area contributed by atoms with Crippen LogP contribution in [0.4, 0.5) is 11.5 Å². The first kappa shape index (κ1) is 22.5. The number of benzene rings is 3. The van der Waals surface area contributed by atoms with Gasteiger partial charge in [0, 0.05) is 24.2 Å². The van der Waals surface area contributed by atoms with E-state index in [-0.39, 0.29) is 0 Å². The van der Waals surface area contributed by atoms with Gasteiger partial charge in [0.05, 0.1) is 22.3 Å². The maximum atomic E-state index is 11.2. The van der Waals surface area contributed by atoms with Crippen molar-refractivity contribution in [1.29, 1.82) is 0 Å². The topological polar surface area (TPSA) is 99.7 Å². The Balaban J connectivity index is 1.65. The van der Waals surface area contributed by atoms with E-state index in [0.717, 1.165) is 27.7 Å². The lowest BCUT2D eigenvalue weighted by atomic mass is 10.0. The summed E-state index contributed by atoms with van der Waals surface area (Å²) < 4.78 is 1.73. The third kappa shape index (κ3) is 4.74. The minimum Gasteiger partial charge on any atom is -0.480 e. The van der Waals surface area contributed by atoms with E-state index in [1.54, 1.807) is 4.68 Å². The summed E-state index contributed by atoms with van der Waals surface area (Å²) in [6.07, 6.45) is 0.358. The highest BCUT2D eigenvalue weighted by molar-refractivity contribution is 6.36. The van der Waals surface area contributed by atoms with Crippen molar-refractivity contribution < 1.29 is 15.0 Å². The van der Waals surface area contributed by atoms with Crippen LogP contribution in [-0.2, 0) is 11.8 Å². The maximum Gasteiger partial charge on any atom is 0.331 e. The molecule has 4 aromatic rings. The van der Waals surface area contributed by atoms with E-state index in [2.05, 4.69) is 15.4 Å². The van der Waals surface area contributed by atoms with Crippen LogP contribution in [0.5, 0.6) is 0 Å². The molecule has 3 N–H and O–H groups in total. The second-order valence-corrected chi connectivity index (χ2v) is 8.09. The molecule has 3 aromatic carbocycles. The molecule has 0 amide bonds. The number of halogens is 1. The molecule has 1 aromatic heterocycles. The fraction of sp³-hybridized carbons (Fsp3) is 0.160. The SMILES string of the molecule is CC(O)C(N=Cc1ccc2c(Nc3cccc(-c4ccccc4)c3Cl)nn(C)c2c1)C(=O)O. The van der Waals surface area contributed by atoms with E-state index in [1.165, 1.54) is 13.1 Å². The molecule has 7 nitrogen and oxygen atoms in total. The van der Waals surface area contributed by atoms with Crippen LogP contribution >= 0.6 is 11.6 Å². The molecule has 0 aliphatic carbocycles. The average molecular weight is 463 g/mol. The molecule has 0 radical (unpaired) electrons. The van der Waals surface area contributed by atoms with Crippen LogP contribution in [-0.4, -0.2) is 44.3 Å². The molecule has 0 saturated heterocycles. The molecular formula is C25H23ClN4O3. The zero-order chi connectivity index (χ0) is 23.5. The van der Waals surface area contributed by atoms with Crippen LogP contribution in [0, 0.1) is 0 Å². The van der Waals surface area contributed by atoms with Crippen LogP contribution < -0.4 is 5.32 Å². The molecular weight excluding hydrogens is 440 g/mol. The predicted molar refractivity (Wildman–Crippen MR) is 132 cm³/mol. The van der Waals surface area contributed by atoms with Gasteiger partial charge in [0.15, 0.2) is 11.9 Å². The number of hydrogen-bond donors (Lipinski definition) is 3. The first-order valence-electron chi connectivity index (χ1n) is 10.4. The number of carboxylic acids is 1. The van der Waals surface area contributed by atoms with Crippen molar-refractivity contribution in [3.05, 3.63) is 77.3 Å². The zero-order valence-corrected chi connectivity index (χ0v) is 18.9. The summed E-state index contributed by atoms with van der Waals surface area (Å²) >= 11 is 6.72. The Morgan fingerprint density at radius 3 is 2.61 bits per heavy atom. The number of aliphatic hydroxyl groups is 1. The average Bonchev–Trinajstić information content (AvgIpc) is 3.10. The lowest BCUT2D eigenvalue weighted by Crippen LogP contribution is -2.29. The first-order chi connectivity index (χ1) is 15.8. The summed E-state index contributed by atoms with van der Waals surface area (Å²) in [7, 11) is 1.83. The zero-order valence-electron chi connectivity index (χ0n) is 18.1. The number of aliphatic carboxylic acids is 1. The molecule has 2 unspecified atom stereocenters. The van der Waals surface area contributed by atoms with Gasteiger partial charge in [-0.05, 0) is 36.2 Å². The number of rotatable bonds is 7. The second kappa shape index (κ2) is 9.44. The van der Waals surface area contributed by atoms with Crippen molar-refractivity contribution in [1.82, 2.24) is 9.78 Å². The van der Waals surface area contributed by atoms with Crippen molar-refractivity contribution in [2.75, 3.05) is 5.32 Å².